The Labute approximate surface area is 52.7 Å². The maximum absolute atomic E-state index is 5.78. The maximum atomic E-state index is 5.78. The first-order valence-electron chi connectivity index (χ1n) is 3.56. The van der Waals surface area contributed by atoms with E-state index in [2.05, 4.69) is 6.92 Å². The van der Waals surface area contributed by atoms with Gasteiger partial charge in [0.1, 0.15) is 0 Å². The van der Waals surface area contributed by atoms with E-state index in [4.69, 9.17) is 5.73 Å². The monoisotopic (exact) mass is 115 g/mol. The minimum absolute atomic E-state index is 0. The fourth-order valence-corrected chi connectivity index (χ4v) is 1.34. The van der Waals surface area contributed by atoms with Crippen molar-refractivity contribution in [3.63, 3.8) is 0 Å². The zero-order chi connectivity index (χ0) is 5.98. The van der Waals surface area contributed by atoms with Gasteiger partial charge in [-0.05, 0) is 18.8 Å². The average Bonchev–Trinajstić information content (AvgIpc) is 1.77. The summed E-state index contributed by atoms with van der Waals surface area (Å²) in [5.41, 5.74) is 5.78. The molecule has 50 valence electrons. The second kappa shape index (κ2) is 2.49. The summed E-state index contributed by atoms with van der Waals surface area (Å²) in [4.78, 5) is 0. The van der Waals surface area contributed by atoms with Crippen LogP contribution in [-0.2, 0) is 0 Å². The van der Waals surface area contributed by atoms with Crippen molar-refractivity contribution < 1.29 is 1.43 Å². The predicted octanol–water partition coefficient (Wildman–Crippen LogP) is 1.77. The average molecular weight is 115 g/mol. The molecule has 0 amide bonds. The van der Waals surface area contributed by atoms with Crippen LogP contribution in [-0.4, -0.2) is 6.04 Å². The molecule has 2 N–H and O–H groups in total. The number of hydrogen-bond acceptors (Lipinski definition) is 1. The first kappa shape index (κ1) is 6.09. The van der Waals surface area contributed by atoms with Gasteiger partial charge in [-0.2, -0.15) is 0 Å². The van der Waals surface area contributed by atoms with Crippen molar-refractivity contribution in [2.24, 2.45) is 11.7 Å². The van der Waals surface area contributed by atoms with Crippen LogP contribution in [0.2, 0.25) is 0 Å². The van der Waals surface area contributed by atoms with Gasteiger partial charge in [-0.1, -0.05) is 19.8 Å². The minimum Gasteiger partial charge on any atom is -0.327 e. The van der Waals surface area contributed by atoms with Gasteiger partial charge in [-0.15, -0.1) is 0 Å². The lowest BCUT2D eigenvalue weighted by Gasteiger charge is -2.24. The standard InChI is InChI=1S/C7H15N.H2/c1-6-4-2-3-5-7(6)8;/h6-7H,2-5,8H2,1H3;1H/t6-,7-;/m1./s1. The predicted molar refractivity (Wildman–Crippen MR) is 37.7 cm³/mol. The number of rotatable bonds is 0. The zero-order valence-corrected chi connectivity index (χ0v) is 5.56. The molecular formula is C7H17N. The van der Waals surface area contributed by atoms with Gasteiger partial charge >= 0.3 is 0 Å². The molecule has 1 nitrogen and oxygen atoms in total. The van der Waals surface area contributed by atoms with Crippen molar-refractivity contribution >= 4 is 0 Å². The van der Waals surface area contributed by atoms with Crippen LogP contribution in [0.25, 0.3) is 0 Å². The molecule has 0 unspecified atom stereocenters. The Bertz CT molecular complexity index is 65.3. The van der Waals surface area contributed by atoms with Crippen LogP contribution in [0.5, 0.6) is 0 Å². The van der Waals surface area contributed by atoms with Crippen molar-refractivity contribution in [1.82, 2.24) is 0 Å². The molecule has 0 aromatic heterocycles. The fraction of sp³-hybridized carbons (Fsp3) is 1.00. The molecule has 1 aliphatic carbocycles. The summed E-state index contributed by atoms with van der Waals surface area (Å²) in [7, 11) is 0. The Morgan fingerprint density at radius 1 is 1.38 bits per heavy atom. The Hall–Kier alpha value is -0.0400. The molecule has 1 rings (SSSR count). The third-order valence-corrected chi connectivity index (χ3v) is 2.18. The summed E-state index contributed by atoms with van der Waals surface area (Å²) in [5.74, 6) is 0.781. The normalized spacial score (nSPS) is 39.8. The first-order valence-corrected chi connectivity index (χ1v) is 3.56. The van der Waals surface area contributed by atoms with Crippen LogP contribution in [0, 0.1) is 5.92 Å². The van der Waals surface area contributed by atoms with E-state index in [-0.39, 0.29) is 1.43 Å². The van der Waals surface area contributed by atoms with Crippen molar-refractivity contribution in [2.75, 3.05) is 0 Å². The lowest BCUT2D eigenvalue weighted by atomic mass is 9.87. The highest BCUT2D eigenvalue weighted by Crippen LogP contribution is 2.21. The van der Waals surface area contributed by atoms with Crippen molar-refractivity contribution in [1.29, 1.82) is 0 Å². The SMILES string of the molecule is C[C@@H]1CCCC[C@H]1N.[HH]. The van der Waals surface area contributed by atoms with Gasteiger partial charge in [0.05, 0.1) is 0 Å². The van der Waals surface area contributed by atoms with Crippen molar-refractivity contribution in [2.45, 2.75) is 38.6 Å². The second-order valence-electron chi connectivity index (χ2n) is 2.93. The van der Waals surface area contributed by atoms with E-state index < -0.39 is 0 Å². The largest absolute Gasteiger partial charge is 0.327 e. The molecule has 0 radical (unpaired) electrons. The Morgan fingerprint density at radius 2 is 2.00 bits per heavy atom. The smallest absolute Gasteiger partial charge is 0.00645 e. The van der Waals surface area contributed by atoms with E-state index in [0.29, 0.717) is 6.04 Å². The zero-order valence-electron chi connectivity index (χ0n) is 5.56. The van der Waals surface area contributed by atoms with Crippen LogP contribution < -0.4 is 5.73 Å². The molecule has 0 aliphatic heterocycles. The third-order valence-electron chi connectivity index (χ3n) is 2.18. The molecule has 1 fully saturated rings. The summed E-state index contributed by atoms with van der Waals surface area (Å²) in [6.07, 6.45) is 5.35. The van der Waals surface area contributed by atoms with Gasteiger partial charge in [0.25, 0.3) is 0 Å². The van der Waals surface area contributed by atoms with Gasteiger partial charge < -0.3 is 5.73 Å². The highest BCUT2D eigenvalue weighted by atomic mass is 14.6. The fourth-order valence-electron chi connectivity index (χ4n) is 1.34. The lowest BCUT2D eigenvalue weighted by molar-refractivity contribution is 0.331. The highest BCUT2D eigenvalue weighted by Gasteiger charge is 2.15. The molecule has 0 spiro atoms. The molecule has 0 aromatic carbocycles. The van der Waals surface area contributed by atoms with E-state index in [1.165, 1.54) is 25.7 Å². The van der Waals surface area contributed by atoms with E-state index in [9.17, 15) is 0 Å². The summed E-state index contributed by atoms with van der Waals surface area (Å²) in [6.45, 7) is 2.25. The minimum atomic E-state index is 0. The Morgan fingerprint density at radius 3 is 2.38 bits per heavy atom. The lowest BCUT2D eigenvalue weighted by Crippen LogP contribution is -2.30. The van der Waals surface area contributed by atoms with E-state index >= 15 is 0 Å². The number of hydrogen-bond donors (Lipinski definition) is 1. The molecule has 2 atom stereocenters. The van der Waals surface area contributed by atoms with Crippen LogP contribution in [0.3, 0.4) is 0 Å². The molecule has 1 heteroatoms. The summed E-state index contributed by atoms with van der Waals surface area (Å²) in [5, 5.41) is 0. The summed E-state index contributed by atoms with van der Waals surface area (Å²) < 4.78 is 0. The first-order chi connectivity index (χ1) is 3.80. The Kier molecular flexibility index (Phi) is 1.90. The molecule has 1 aliphatic rings. The van der Waals surface area contributed by atoms with E-state index in [1.807, 2.05) is 0 Å². The maximum Gasteiger partial charge on any atom is 0.00645 e. The molecule has 0 aromatic rings. The van der Waals surface area contributed by atoms with Gasteiger partial charge in [-0.25, -0.2) is 0 Å². The van der Waals surface area contributed by atoms with Gasteiger partial charge in [0.2, 0.25) is 0 Å². The van der Waals surface area contributed by atoms with Gasteiger partial charge in [0.15, 0.2) is 0 Å². The highest BCUT2D eigenvalue weighted by molar-refractivity contribution is 4.73. The summed E-state index contributed by atoms with van der Waals surface area (Å²) >= 11 is 0. The quantitative estimate of drug-likeness (QED) is 0.511. The third kappa shape index (κ3) is 1.22. The molecule has 0 heterocycles. The van der Waals surface area contributed by atoms with Crippen molar-refractivity contribution in [3.8, 4) is 0 Å². The van der Waals surface area contributed by atoms with E-state index in [0.717, 1.165) is 5.92 Å². The van der Waals surface area contributed by atoms with Gasteiger partial charge in [0, 0.05) is 7.47 Å². The van der Waals surface area contributed by atoms with Crippen molar-refractivity contribution in [3.05, 3.63) is 0 Å². The Balaban J connectivity index is 0.000000640. The second-order valence-corrected chi connectivity index (χ2v) is 2.93. The van der Waals surface area contributed by atoms with Gasteiger partial charge in [-0.3, -0.25) is 0 Å². The topological polar surface area (TPSA) is 26.0 Å². The molecule has 1 saturated carbocycles. The van der Waals surface area contributed by atoms with Crippen LogP contribution in [0.1, 0.15) is 34.0 Å². The van der Waals surface area contributed by atoms with Crippen LogP contribution in [0.15, 0.2) is 0 Å². The molecule has 0 bridgehead atoms. The van der Waals surface area contributed by atoms with E-state index in [1.54, 1.807) is 0 Å². The van der Waals surface area contributed by atoms with Crippen LogP contribution >= 0.6 is 0 Å². The number of nitrogens with two attached hydrogens (primary N) is 1. The summed E-state index contributed by atoms with van der Waals surface area (Å²) in [6, 6.07) is 0.503. The molecular weight excluding hydrogens is 98.1 g/mol. The molecule has 8 heavy (non-hydrogen) atoms. The molecule has 0 saturated heterocycles. The van der Waals surface area contributed by atoms with Crippen LogP contribution in [0.4, 0.5) is 0 Å².